The predicted octanol–water partition coefficient (Wildman–Crippen LogP) is 5.16. The molecule has 4 rings (SSSR count). The van der Waals surface area contributed by atoms with Crippen LogP contribution in [0.15, 0.2) is 36.4 Å². The minimum Gasteiger partial charge on any atom is -0.332 e. The van der Waals surface area contributed by atoms with Crippen molar-refractivity contribution in [2.45, 2.75) is 20.3 Å². The zero-order valence-electron chi connectivity index (χ0n) is 16.4. The Morgan fingerprint density at radius 3 is 2.77 bits per heavy atom. The Kier molecular flexibility index (Phi) is 6.19. The van der Waals surface area contributed by atoms with Crippen LogP contribution in [0.3, 0.4) is 0 Å². The first kappa shape index (κ1) is 21.6. The van der Waals surface area contributed by atoms with Gasteiger partial charge in [0.15, 0.2) is 10.9 Å². The number of benzene rings is 2. The maximum absolute atomic E-state index is 12.5. The highest BCUT2D eigenvalue weighted by Crippen LogP contribution is 2.29. The van der Waals surface area contributed by atoms with Crippen LogP contribution in [0.4, 0.5) is 5.69 Å². The molecule has 2 N–H and O–H groups in total. The highest BCUT2D eigenvalue weighted by molar-refractivity contribution is 7.80. The van der Waals surface area contributed by atoms with Crippen molar-refractivity contribution in [1.82, 2.24) is 25.1 Å². The molecule has 0 saturated heterocycles. The van der Waals surface area contributed by atoms with Crippen LogP contribution in [0.2, 0.25) is 10.0 Å². The van der Waals surface area contributed by atoms with E-state index in [1.165, 1.54) is 17.4 Å². The zero-order valence-corrected chi connectivity index (χ0v) is 19.6. The molecule has 0 aliphatic rings. The molecule has 4 aromatic rings. The number of hydrogen-bond acceptors (Lipinski definition) is 6. The Morgan fingerprint density at radius 2 is 2.00 bits per heavy atom. The van der Waals surface area contributed by atoms with Crippen LogP contribution in [0.5, 0.6) is 0 Å². The fourth-order valence-corrected chi connectivity index (χ4v) is 4.31. The third kappa shape index (κ3) is 4.54. The molecule has 0 radical (unpaired) electrons. The molecule has 0 bridgehead atoms. The number of thiocarbonyl (C=S) groups is 1. The normalized spacial score (nSPS) is 11.0. The maximum Gasteiger partial charge on any atom is 0.258 e. The van der Waals surface area contributed by atoms with Crippen LogP contribution in [0, 0.1) is 6.92 Å². The SMILES string of the molecule is CCc1nnc2sc(-c3ccc(C)c(NC(=S)NC(=O)c4cc(Cl)ccc4Cl)c3)nn12. The molecular formula is C20H16Cl2N6OS2. The lowest BCUT2D eigenvalue weighted by molar-refractivity contribution is 0.0978. The van der Waals surface area contributed by atoms with Crippen molar-refractivity contribution in [3.05, 3.63) is 63.4 Å². The summed E-state index contributed by atoms with van der Waals surface area (Å²) >= 11 is 18.8. The average Bonchev–Trinajstić information content (AvgIpc) is 3.32. The van der Waals surface area contributed by atoms with Crippen molar-refractivity contribution in [2.75, 3.05) is 5.32 Å². The number of rotatable bonds is 4. The smallest absolute Gasteiger partial charge is 0.258 e. The summed E-state index contributed by atoms with van der Waals surface area (Å²) in [7, 11) is 0. The van der Waals surface area contributed by atoms with Crippen LogP contribution in [-0.2, 0) is 6.42 Å². The van der Waals surface area contributed by atoms with Crippen molar-refractivity contribution < 1.29 is 4.79 Å². The Bertz CT molecular complexity index is 1320. The lowest BCUT2D eigenvalue weighted by Crippen LogP contribution is -2.34. The summed E-state index contributed by atoms with van der Waals surface area (Å²) in [6, 6.07) is 10.5. The number of hydrogen-bond donors (Lipinski definition) is 2. The topological polar surface area (TPSA) is 84.2 Å². The summed E-state index contributed by atoms with van der Waals surface area (Å²) in [6.45, 7) is 3.95. The van der Waals surface area contributed by atoms with E-state index in [0.717, 1.165) is 39.0 Å². The number of amides is 1. The van der Waals surface area contributed by atoms with Crippen molar-refractivity contribution in [1.29, 1.82) is 0 Å². The number of carbonyl (C=O) groups is 1. The fourth-order valence-electron chi connectivity index (χ4n) is 2.88. The number of halogens is 2. The molecular weight excluding hydrogens is 475 g/mol. The second kappa shape index (κ2) is 8.88. The van der Waals surface area contributed by atoms with Gasteiger partial charge in [-0.15, -0.1) is 10.2 Å². The van der Waals surface area contributed by atoms with Crippen molar-refractivity contribution in [3.63, 3.8) is 0 Å². The van der Waals surface area contributed by atoms with Gasteiger partial charge in [0.05, 0.1) is 10.6 Å². The van der Waals surface area contributed by atoms with E-state index in [-0.39, 0.29) is 15.7 Å². The quantitative estimate of drug-likeness (QED) is 0.384. The monoisotopic (exact) mass is 490 g/mol. The summed E-state index contributed by atoms with van der Waals surface area (Å²) < 4.78 is 1.76. The first-order valence-corrected chi connectivity index (χ1v) is 11.2. The molecule has 0 aliphatic carbocycles. The molecule has 0 unspecified atom stereocenters. The molecule has 7 nitrogen and oxygen atoms in total. The molecule has 31 heavy (non-hydrogen) atoms. The Labute approximate surface area is 197 Å². The minimum atomic E-state index is -0.445. The molecule has 2 aromatic heterocycles. The molecule has 158 valence electrons. The van der Waals surface area contributed by atoms with Gasteiger partial charge in [-0.25, -0.2) is 0 Å². The van der Waals surface area contributed by atoms with Gasteiger partial charge in [-0.05, 0) is 49.0 Å². The van der Waals surface area contributed by atoms with Gasteiger partial charge in [-0.2, -0.15) is 9.61 Å². The Hall–Kier alpha value is -2.59. The zero-order chi connectivity index (χ0) is 22.1. The first-order valence-electron chi connectivity index (χ1n) is 9.25. The van der Waals surface area contributed by atoms with Gasteiger partial charge >= 0.3 is 0 Å². The van der Waals surface area contributed by atoms with E-state index < -0.39 is 5.91 Å². The summed E-state index contributed by atoms with van der Waals surface area (Å²) in [5.41, 5.74) is 2.85. The molecule has 2 heterocycles. The Balaban J connectivity index is 1.54. The number of anilines is 1. The molecule has 1 amide bonds. The number of aromatic nitrogens is 4. The highest BCUT2D eigenvalue weighted by atomic mass is 35.5. The average molecular weight is 491 g/mol. The van der Waals surface area contributed by atoms with Gasteiger partial charge in [-0.1, -0.05) is 53.6 Å². The van der Waals surface area contributed by atoms with E-state index in [0.29, 0.717) is 5.02 Å². The summed E-state index contributed by atoms with van der Waals surface area (Å²) in [5.74, 6) is 0.367. The number of nitrogens with zero attached hydrogens (tertiary/aromatic N) is 4. The van der Waals surface area contributed by atoms with E-state index in [1.54, 1.807) is 16.6 Å². The van der Waals surface area contributed by atoms with E-state index in [1.807, 2.05) is 32.0 Å². The number of aryl methyl sites for hydroxylation is 2. The fraction of sp³-hybridized carbons (Fsp3) is 0.150. The largest absolute Gasteiger partial charge is 0.332 e. The van der Waals surface area contributed by atoms with Gasteiger partial charge in [0.25, 0.3) is 5.91 Å². The second-order valence-electron chi connectivity index (χ2n) is 6.63. The van der Waals surface area contributed by atoms with Gasteiger partial charge in [-0.3, -0.25) is 10.1 Å². The van der Waals surface area contributed by atoms with Crippen molar-refractivity contribution >= 4 is 68.4 Å². The van der Waals surface area contributed by atoms with E-state index >= 15 is 0 Å². The van der Waals surface area contributed by atoms with Gasteiger partial charge in [0.2, 0.25) is 4.96 Å². The lowest BCUT2D eigenvalue weighted by Gasteiger charge is -2.13. The molecule has 0 saturated carbocycles. The van der Waals surface area contributed by atoms with Gasteiger partial charge in [0, 0.05) is 22.7 Å². The lowest BCUT2D eigenvalue weighted by atomic mass is 10.1. The first-order chi connectivity index (χ1) is 14.9. The molecule has 0 atom stereocenters. The van der Waals surface area contributed by atoms with Crippen molar-refractivity contribution in [2.24, 2.45) is 0 Å². The number of nitrogens with one attached hydrogen (secondary N) is 2. The summed E-state index contributed by atoms with van der Waals surface area (Å²) in [5, 5.41) is 20.3. The molecule has 0 fully saturated rings. The molecule has 2 aromatic carbocycles. The predicted molar refractivity (Wildman–Crippen MR) is 128 cm³/mol. The molecule has 0 spiro atoms. The van der Waals surface area contributed by atoms with Crippen LogP contribution in [0.25, 0.3) is 15.5 Å². The van der Waals surface area contributed by atoms with Gasteiger partial charge in [0.1, 0.15) is 5.01 Å². The third-order valence-corrected chi connectivity index (χ3v) is 6.22. The van der Waals surface area contributed by atoms with E-state index in [9.17, 15) is 4.79 Å². The van der Waals surface area contributed by atoms with Crippen molar-refractivity contribution in [3.8, 4) is 10.6 Å². The summed E-state index contributed by atoms with van der Waals surface area (Å²) in [6.07, 6.45) is 0.746. The standard InChI is InChI=1S/C20H16Cl2N6OS2/c1-3-16-25-26-20-28(16)27-18(31-20)11-5-4-10(2)15(8-11)23-19(30)24-17(29)13-9-12(21)6-7-14(13)22/h4-9H,3H2,1-2H3,(H2,23,24,29,30). The maximum atomic E-state index is 12.5. The number of carbonyl (C=O) groups excluding carboxylic acids is 1. The van der Waals surface area contributed by atoms with Crippen LogP contribution in [0.1, 0.15) is 28.7 Å². The second-order valence-corrected chi connectivity index (χ2v) is 8.84. The summed E-state index contributed by atoms with van der Waals surface area (Å²) in [4.78, 5) is 13.3. The molecule has 11 heteroatoms. The van der Waals surface area contributed by atoms with Crippen LogP contribution in [-0.4, -0.2) is 30.8 Å². The number of fused-ring (bicyclic) bond motifs is 1. The van der Waals surface area contributed by atoms with E-state index in [4.69, 9.17) is 35.4 Å². The van der Waals surface area contributed by atoms with Crippen LogP contribution >= 0.6 is 46.8 Å². The molecule has 0 aliphatic heterocycles. The highest BCUT2D eigenvalue weighted by Gasteiger charge is 2.15. The van der Waals surface area contributed by atoms with Crippen LogP contribution < -0.4 is 10.6 Å². The van der Waals surface area contributed by atoms with E-state index in [2.05, 4.69) is 25.9 Å². The minimum absolute atomic E-state index is 0.146. The van der Waals surface area contributed by atoms with Gasteiger partial charge < -0.3 is 5.32 Å². The third-order valence-electron chi connectivity index (χ3n) is 4.50. The Morgan fingerprint density at radius 1 is 1.19 bits per heavy atom.